The van der Waals surface area contributed by atoms with Crippen LogP contribution in [0, 0.1) is 26.7 Å². The van der Waals surface area contributed by atoms with E-state index in [4.69, 9.17) is 4.84 Å². The number of hydroxylamine groups is 1. The monoisotopic (exact) mass is 418 g/mol. The summed E-state index contributed by atoms with van der Waals surface area (Å²) in [5, 5.41) is 3.72. The van der Waals surface area contributed by atoms with Crippen LogP contribution in [-0.2, 0) is 14.4 Å². The van der Waals surface area contributed by atoms with Crippen molar-refractivity contribution >= 4 is 34.5 Å². The zero-order chi connectivity index (χ0) is 21.0. The summed E-state index contributed by atoms with van der Waals surface area (Å²) in [6.45, 7) is 5.90. The molecular weight excluding hydrogens is 396 g/mol. The van der Waals surface area contributed by atoms with Crippen LogP contribution in [-0.4, -0.2) is 17.9 Å². The quantitative estimate of drug-likeness (QED) is 0.578. The molecule has 2 aromatic carbocycles. The van der Waals surface area contributed by atoms with Gasteiger partial charge in [-0.1, -0.05) is 42.0 Å². The van der Waals surface area contributed by atoms with Crippen molar-refractivity contribution in [2.24, 2.45) is 5.92 Å². The van der Waals surface area contributed by atoms with Gasteiger partial charge in [-0.2, -0.15) is 0 Å². The zero-order valence-electron chi connectivity index (χ0n) is 17.0. The second kappa shape index (κ2) is 7.07. The first-order chi connectivity index (χ1) is 14.5. The van der Waals surface area contributed by atoms with Gasteiger partial charge in [-0.3, -0.25) is 14.4 Å². The predicted octanol–water partition coefficient (Wildman–Crippen LogP) is 4.72. The number of carbonyl (C=O) groups is 2. The molecule has 5 rings (SSSR count). The molecule has 0 aliphatic carbocycles. The minimum absolute atomic E-state index is 0.197. The summed E-state index contributed by atoms with van der Waals surface area (Å²) in [5.41, 5.74) is 4.46. The van der Waals surface area contributed by atoms with Crippen molar-refractivity contribution in [2.75, 3.05) is 9.96 Å². The second-order valence-electron chi connectivity index (χ2n) is 7.93. The first kappa shape index (κ1) is 19.0. The molecule has 3 aromatic rings. The minimum atomic E-state index is -0.829. The second-order valence-corrected chi connectivity index (χ2v) is 8.91. The van der Waals surface area contributed by atoms with Crippen LogP contribution in [0.5, 0.6) is 0 Å². The molecule has 0 unspecified atom stereocenters. The summed E-state index contributed by atoms with van der Waals surface area (Å²) in [7, 11) is 0. The van der Waals surface area contributed by atoms with Gasteiger partial charge in [0.2, 0.25) is 5.91 Å². The van der Waals surface area contributed by atoms with Gasteiger partial charge in [0.1, 0.15) is 12.0 Å². The number of hydrogen-bond acceptors (Lipinski definition) is 5. The summed E-state index contributed by atoms with van der Waals surface area (Å²) in [4.78, 5) is 35.6. The highest BCUT2D eigenvalue weighted by Gasteiger charge is 2.60. The van der Waals surface area contributed by atoms with E-state index in [0.29, 0.717) is 5.69 Å². The van der Waals surface area contributed by atoms with Gasteiger partial charge in [0.05, 0.1) is 11.4 Å². The lowest BCUT2D eigenvalue weighted by molar-refractivity contribution is -0.126. The fourth-order valence-electron chi connectivity index (χ4n) is 4.71. The van der Waals surface area contributed by atoms with Crippen molar-refractivity contribution in [1.29, 1.82) is 0 Å². The zero-order valence-corrected chi connectivity index (χ0v) is 17.8. The van der Waals surface area contributed by atoms with Crippen LogP contribution in [0.1, 0.15) is 27.6 Å². The Morgan fingerprint density at radius 3 is 2.23 bits per heavy atom. The number of aryl methyl sites for hydroxylation is 3. The molecule has 6 heteroatoms. The number of fused-ring (bicyclic) bond motifs is 1. The Morgan fingerprint density at radius 1 is 0.900 bits per heavy atom. The molecule has 2 amide bonds. The maximum absolute atomic E-state index is 13.7. The van der Waals surface area contributed by atoms with Gasteiger partial charge in [-0.15, -0.1) is 11.3 Å². The van der Waals surface area contributed by atoms with Crippen LogP contribution in [0.3, 0.4) is 0 Å². The van der Waals surface area contributed by atoms with Gasteiger partial charge in [0, 0.05) is 4.88 Å². The van der Waals surface area contributed by atoms with E-state index in [0.717, 1.165) is 27.3 Å². The maximum Gasteiger partial charge on any atom is 0.266 e. The SMILES string of the molecule is Cc1cc(C)c(N2C(=O)[C@@H]3[C@@H](ON(c4ccccc4)[C@H]3c3cccs3)C2=O)c(C)c1. The number of rotatable bonds is 3. The molecule has 0 radical (unpaired) electrons. The molecule has 0 bridgehead atoms. The van der Waals surface area contributed by atoms with Crippen molar-refractivity contribution in [3.8, 4) is 0 Å². The van der Waals surface area contributed by atoms with Crippen LogP contribution in [0.4, 0.5) is 11.4 Å². The van der Waals surface area contributed by atoms with Crippen molar-refractivity contribution in [3.05, 3.63) is 81.5 Å². The maximum atomic E-state index is 13.7. The summed E-state index contributed by atoms with van der Waals surface area (Å²) < 4.78 is 0. The van der Waals surface area contributed by atoms with Crippen molar-refractivity contribution in [1.82, 2.24) is 0 Å². The summed E-state index contributed by atoms with van der Waals surface area (Å²) in [6, 6.07) is 17.3. The number of para-hydroxylation sites is 1. The highest BCUT2D eigenvalue weighted by atomic mass is 32.1. The Labute approximate surface area is 179 Å². The molecule has 1 aromatic heterocycles. The first-order valence-corrected chi connectivity index (χ1v) is 10.9. The average Bonchev–Trinajstić information content (AvgIpc) is 3.42. The van der Waals surface area contributed by atoms with E-state index in [9.17, 15) is 9.59 Å². The van der Waals surface area contributed by atoms with Crippen LogP contribution in [0.2, 0.25) is 0 Å². The number of amides is 2. The molecular formula is C24H22N2O3S. The van der Waals surface area contributed by atoms with E-state index >= 15 is 0 Å². The normalized spacial score (nSPS) is 23.4. The van der Waals surface area contributed by atoms with Gasteiger partial charge in [-0.05, 0) is 55.5 Å². The standard InChI is InChI=1S/C24H22N2O3S/c1-14-12-15(2)20(16(3)13-14)25-23(27)19-21(18-10-7-11-30-18)26(29-22(19)24(25)28)17-8-5-4-6-9-17/h4-13,19,21-22H,1-3H3/t19-,21-,22+/m0/s1. The number of carbonyl (C=O) groups excluding carboxylic acids is 2. The smallest absolute Gasteiger partial charge is 0.266 e. The topological polar surface area (TPSA) is 49.9 Å². The molecule has 3 atom stereocenters. The number of thiophene rings is 1. The average molecular weight is 419 g/mol. The lowest BCUT2D eigenvalue weighted by Crippen LogP contribution is -2.38. The lowest BCUT2D eigenvalue weighted by Gasteiger charge is -2.28. The van der Waals surface area contributed by atoms with E-state index in [-0.39, 0.29) is 17.9 Å². The Balaban J connectivity index is 1.60. The molecule has 152 valence electrons. The van der Waals surface area contributed by atoms with Crippen molar-refractivity contribution in [2.45, 2.75) is 32.9 Å². The van der Waals surface area contributed by atoms with Gasteiger partial charge in [-0.25, -0.2) is 9.96 Å². The number of benzene rings is 2. The third-order valence-corrected chi connectivity index (χ3v) is 6.76. The molecule has 3 heterocycles. The Kier molecular flexibility index (Phi) is 4.49. The predicted molar refractivity (Wildman–Crippen MR) is 117 cm³/mol. The van der Waals surface area contributed by atoms with Gasteiger partial charge in [0.15, 0.2) is 6.10 Å². The Hall–Kier alpha value is -2.96. The van der Waals surface area contributed by atoms with Gasteiger partial charge >= 0.3 is 0 Å². The molecule has 0 spiro atoms. The molecule has 2 aliphatic rings. The van der Waals surface area contributed by atoms with Crippen LogP contribution < -0.4 is 9.96 Å². The minimum Gasteiger partial charge on any atom is -0.273 e. The van der Waals surface area contributed by atoms with Crippen LogP contribution in [0.15, 0.2) is 60.0 Å². The highest BCUT2D eigenvalue weighted by Crippen LogP contribution is 2.49. The number of imide groups is 1. The Morgan fingerprint density at radius 2 is 1.60 bits per heavy atom. The number of anilines is 2. The highest BCUT2D eigenvalue weighted by molar-refractivity contribution is 7.10. The molecule has 2 saturated heterocycles. The fraction of sp³-hybridized carbons (Fsp3) is 0.250. The third kappa shape index (κ3) is 2.79. The molecule has 0 saturated carbocycles. The molecule has 30 heavy (non-hydrogen) atoms. The van der Waals surface area contributed by atoms with E-state index < -0.39 is 12.0 Å². The summed E-state index contributed by atoms with van der Waals surface area (Å²) in [5.74, 6) is -1.08. The molecule has 2 fully saturated rings. The van der Waals surface area contributed by atoms with Crippen LogP contribution >= 0.6 is 11.3 Å². The van der Waals surface area contributed by atoms with E-state index in [1.165, 1.54) is 4.90 Å². The molecule has 0 N–H and O–H groups in total. The van der Waals surface area contributed by atoms with Gasteiger partial charge in [0.25, 0.3) is 5.91 Å². The molecule has 5 nitrogen and oxygen atoms in total. The largest absolute Gasteiger partial charge is 0.273 e. The summed E-state index contributed by atoms with van der Waals surface area (Å²) in [6.07, 6.45) is -0.829. The van der Waals surface area contributed by atoms with E-state index in [1.54, 1.807) is 16.4 Å². The summed E-state index contributed by atoms with van der Waals surface area (Å²) >= 11 is 1.57. The van der Waals surface area contributed by atoms with Crippen molar-refractivity contribution in [3.63, 3.8) is 0 Å². The number of nitrogens with zero attached hydrogens (tertiary/aromatic N) is 2. The first-order valence-electron chi connectivity index (χ1n) is 9.97. The van der Waals surface area contributed by atoms with Gasteiger partial charge < -0.3 is 0 Å². The molecule has 2 aliphatic heterocycles. The van der Waals surface area contributed by atoms with Crippen LogP contribution in [0.25, 0.3) is 0 Å². The number of hydrogen-bond donors (Lipinski definition) is 0. The van der Waals surface area contributed by atoms with E-state index in [1.807, 2.05) is 80.7 Å². The third-order valence-electron chi connectivity index (χ3n) is 5.82. The fourth-order valence-corrected chi connectivity index (χ4v) is 5.56. The lowest BCUT2D eigenvalue weighted by atomic mass is 9.95. The van der Waals surface area contributed by atoms with E-state index in [2.05, 4.69) is 0 Å². The Bertz CT molecular complexity index is 1100. The van der Waals surface area contributed by atoms with Crippen molar-refractivity contribution < 1.29 is 14.4 Å².